The largest absolute Gasteiger partial charge is 0.330 e. The second-order valence-electron chi connectivity index (χ2n) is 4.36. The van der Waals surface area contributed by atoms with Crippen molar-refractivity contribution in [2.45, 2.75) is 25.7 Å². The maximum Gasteiger partial charge on any atom is 0.0406 e. The highest BCUT2D eigenvalue weighted by Gasteiger charge is 2.35. The molecule has 76 valence electrons. The van der Waals surface area contributed by atoms with Crippen LogP contribution in [0.2, 0.25) is 5.02 Å². The molecule has 1 nitrogen and oxygen atoms in total. The third-order valence-corrected chi connectivity index (χ3v) is 3.59. The van der Waals surface area contributed by atoms with E-state index >= 15 is 0 Å². The van der Waals surface area contributed by atoms with Gasteiger partial charge in [-0.25, -0.2) is 0 Å². The van der Waals surface area contributed by atoms with E-state index in [9.17, 15) is 0 Å². The smallest absolute Gasteiger partial charge is 0.0406 e. The monoisotopic (exact) mass is 209 g/mol. The Morgan fingerprint density at radius 1 is 1.21 bits per heavy atom. The Labute approximate surface area is 90.3 Å². The minimum Gasteiger partial charge on any atom is -0.330 e. The van der Waals surface area contributed by atoms with Gasteiger partial charge in [0.1, 0.15) is 0 Å². The van der Waals surface area contributed by atoms with Crippen LogP contribution in [-0.2, 0) is 6.42 Å². The van der Waals surface area contributed by atoms with Crippen LogP contribution in [0.1, 0.15) is 24.8 Å². The third kappa shape index (κ3) is 1.94. The number of hydrogen-bond donors (Lipinski definition) is 1. The van der Waals surface area contributed by atoms with Gasteiger partial charge < -0.3 is 5.73 Å². The predicted molar refractivity (Wildman–Crippen MR) is 60.5 cm³/mol. The van der Waals surface area contributed by atoms with E-state index in [-0.39, 0.29) is 0 Å². The lowest BCUT2D eigenvalue weighted by atomic mass is 9.65. The minimum absolute atomic E-state index is 0.397. The molecule has 0 heterocycles. The highest BCUT2D eigenvalue weighted by Crippen LogP contribution is 2.42. The van der Waals surface area contributed by atoms with Gasteiger partial charge in [-0.1, -0.05) is 30.2 Å². The van der Waals surface area contributed by atoms with Gasteiger partial charge in [-0.2, -0.15) is 0 Å². The summed E-state index contributed by atoms with van der Waals surface area (Å²) in [4.78, 5) is 0. The summed E-state index contributed by atoms with van der Waals surface area (Å²) in [5.41, 5.74) is 7.58. The molecule has 0 spiro atoms. The summed E-state index contributed by atoms with van der Waals surface area (Å²) in [5, 5.41) is 0.809. The maximum absolute atomic E-state index is 5.84. The van der Waals surface area contributed by atoms with Crippen molar-refractivity contribution in [3.63, 3.8) is 0 Å². The zero-order valence-corrected chi connectivity index (χ0v) is 9.06. The Bertz CT molecular complexity index is 295. The van der Waals surface area contributed by atoms with E-state index in [0.29, 0.717) is 5.41 Å². The van der Waals surface area contributed by atoms with Crippen LogP contribution in [0.3, 0.4) is 0 Å². The Morgan fingerprint density at radius 2 is 1.86 bits per heavy atom. The molecule has 0 radical (unpaired) electrons. The summed E-state index contributed by atoms with van der Waals surface area (Å²) in [6.07, 6.45) is 5.02. The maximum atomic E-state index is 5.84. The molecule has 0 unspecified atom stereocenters. The molecule has 0 atom stereocenters. The van der Waals surface area contributed by atoms with E-state index < -0.39 is 0 Å². The lowest BCUT2D eigenvalue weighted by molar-refractivity contribution is 0.145. The fourth-order valence-corrected chi connectivity index (χ4v) is 2.29. The van der Waals surface area contributed by atoms with Gasteiger partial charge in [0.15, 0.2) is 0 Å². The van der Waals surface area contributed by atoms with E-state index in [0.717, 1.165) is 18.0 Å². The van der Waals surface area contributed by atoms with Crippen molar-refractivity contribution < 1.29 is 0 Å². The zero-order valence-electron chi connectivity index (χ0n) is 8.30. The Hall–Kier alpha value is -0.530. The number of nitrogens with two attached hydrogens (primary N) is 1. The van der Waals surface area contributed by atoms with Gasteiger partial charge in [0.25, 0.3) is 0 Å². The van der Waals surface area contributed by atoms with Crippen molar-refractivity contribution in [2.24, 2.45) is 11.1 Å². The molecule has 1 aromatic carbocycles. The van der Waals surface area contributed by atoms with Crippen molar-refractivity contribution in [2.75, 3.05) is 6.54 Å². The van der Waals surface area contributed by atoms with E-state index in [1.165, 1.54) is 24.8 Å². The van der Waals surface area contributed by atoms with Crippen molar-refractivity contribution in [1.29, 1.82) is 0 Å². The van der Waals surface area contributed by atoms with Gasteiger partial charge in [0, 0.05) is 5.02 Å². The van der Waals surface area contributed by atoms with Crippen LogP contribution < -0.4 is 5.73 Å². The molecular formula is C12H16ClN. The van der Waals surface area contributed by atoms with Gasteiger partial charge in [0.05, 0.1) is 0 Å². The Morgan fingerprint density at radius 3 is 2.29 bits per heavy atom. The lowest BCUT2D eigenvalue weighted by Crippen LogP contribution is -2.39. The summed E-state index contributed by atoms with van der Waals surface area (Å²) >= 11 is 5.84. The SMILES string of the molecule is NCC1(Cc2ccc(Cl)cc2)CCC1. The van der Waals surface area contributed by atoms with Crippen molar-refractivity contribution in [3.05, 3.63) is 34.9 Å². The van der Waals surface area contributed by atoms with Crippen LogP contribution in [0.25, 0.3) is 0 Å². The fraction of sp³-hybridized carbons (Fsp3) is 0.500. The van der Waals surface area contributed by atoms with Crippen LogP contribution in [0.5, 0.6) is 0 Å². The molecule has 0 saturated heterocycles. The average molecular weight is 210 g/mol. The zero-order chi connectivity index (χ0) is 10.0. The number of hydrogen-bond acceptors (Lipinski definition) is 1. The quantitative estimate of drug-likeness (QED) is 0.814. The van der Waals surface area contributed by atoms with E-state index in [4.69, 9.17) is 17.3 Å². The van der Waals surface area contributed by atoms with Gasteiger partial charge in [-0.05, 0) is 48.9 Å². The molecule has 1 fully saturated rings. The second kappa shape index (κ2) is 3.92. The van der Waals surface area contributed by atoms with Crippen LogP contribution in [0.4, 0.5) is 0 Å². The standard InChI is InChI=1S/C12H16ClN/c13-11-4-2-10(3-5-11)8-12(9-14)6-1-7-12/h2-5H,1,6-9,14H2. The molecule has 0 aromatic heterocycles. The third-order valence-electron chi connectivity index (χ3n) is 3.34. The van der Waals surface area contributed by atoms with Crippen molar-refractivity contribution >= 4 is 11.6 Å². The number of benzene rings is 1. The summed E-state index contributed by atoms with van der Waals surface area (Å²) in [6, 6.07) is 8.13. The number of rotatable bonds is 3. The first-order valence-corrected chi connectivity index (χ1v) is 5.56. The molecule has 1 aliphatic carbocycles. The van der Waals surface area contributed by atoms with Crippen LogP contribution in [0.15, 0.2) is 24.3 Å². The average Bonchev–Trinajstić information content (AvgIpc) is 2.15. The van der Waals surface area contributed by atoms with Gasteiger partial charge in [-0.15, -0.1) is 0 Å². The molecule has 0 amide bonds. The second-order valence-corrected chi connectivity index (χ2v) is 4.80. The summed E-state index contributed by atoms with van der Waals surface area (Å²) < 4.78 is 0. The highest BCUT2D eigenvalue weighted by molar-refractivity contribution is 6.30. The molecule has 0 aliphatic heterocycles. The van der Waals surface area contributed by atoms with Crippen LogP contribution >= 0.6 is 11.6 Å². The first-order valence-electron chi connectivity index (χ1n) is 5.19. The topological polar surface area (TPSA) is 26.0 Å². The van der Waals surface area contributed by atoms with Gasteiger partial charge >= 0.3 is 0 Å². The Balaban J connectivity index is 2.06. The molecule has 2 N–H and O–H groups in total. The molecule has 14 heavy (non-hydrogen) atoms. The molecule has 1 aromatic rings. The summed E-state index contributed by atoms with van der Waals surface area (Å²) in [7, 11) is 0. The number of halogens is 1. The molecule has 2 heteroatoms. The van der Waals surface area contributed by atoms with Crippen molar-refractivity contribution in [1.82, 2.24) is 0 Å². The fourth-order valence-electron chi connectivity index (χ4n) is 2.17. The summed E-state index contributed by atoms with van der Waals surface area (Å²) in [5.74, 6) is 0. The normalized spacial score (nSPS) is 19.0. The van der Waals surface area contributed by atoms with E-state index in [2.05, 4.69) is 12.1 Å². The first-order chi connectivity index (χ1) is 6.74. The van der Waals surface area contributed by atoms with Gasteiger partial charge in [-0.3, -0.25) is 0 Å². The predicted octanol–water partition coefficient (Wildman–Crippen LogP) is 3.01. The molecule has 2 rings (SSSR count). The van der Waals surface area contributed by atoms with Crippen LogP contribution in [0, 0.1) is 5.41 Å². The summed E-state index contributed by atoms with van der Waals surface area (Å²) in [6.45, 7) is 0.815. The van der Waals surface area contributed by atoms with Crippen LogP contribution in [-0.4, -0.2) is 6.54 Å². The molecule has 0 bridgehead atoms. The lowest BCUT2D eigenvalue weighted by Gasteiger charge is -2.41. The molecule has 1 aliphatic rings. The first kappa shape index (κ1) is 10.0. The van der Waals surface area contributed by atoms with Gasteiger partial charge in [0.2, 0.25) is 0 Å². The molecular weight excluding hydrogens is 194 g/mol. The van der Waals surface area contributed by atoms with Crippen molar-refractivity contribution in [3.8, 4) is 0 Å². The minimum atomic E-state index is 0.397. The van der Waals surface area contributed by atoms with E-state index in [1.54, 1.807) is 0 Å². The van der Waals surface area contributed by atoms with E-state index in [1.807, 2.05) is 12.1 Å². The highest BCUT2D eigenvalue weighted by atomic mass is 35.5. The Kier molecular flexibility index (Phi) is 2.80. The molecule has 1 saturated carbocycles.